The van der Waals surface area contributed by atoms with E-state index in [1.54, 1.807) is 39.8 Å². The smallest absolute Gasteiger partial charge is 0.331 e. The molecule has 0 unspecified atom stereocenters. The predicted octanol–water partition coefficient (Wildman–Crippen LogP) is 0.399. The van der Waals surface area contributed by atoms with E-state index in [0.29, 0.717) is 5.56 Å². The SMILES string of the molecule is COc1cc(/C=C/C(=O)O[C@H]2[C@H](O)[C@@H](CO)O[C@]23COC(C)(C)O[C@H]2[C@H](O[C@@H]4COC(C)(C)O[C@H]4[C@@H]2O)O3)ccc1OC(C)=O. The van der Waals surface area contributed by atoms with Gasteiger partial charge in [-0.05, 0) is 51.5 Å². The second kappa shape index (κ2) is 12.8. The number of esters is 2. The maximum atomic E-state index is 13.1. The van der Waals surface area contributed by atoms with Crippen molar-refractivity contribution < 1.29 is 72.3 Å². The van der Waals surface area contributed by atoms with Crippen LogP contribution in [0, 0.1) is 0 Å². The maximum Gasteiger partial charge on any atom is 0.331 e. The van der Waals surface area contributed by atoms with Crippen LogP contribution in [0.5, 0.6) is 11.5 Å². The quantitative estimate of drug-likeness (QED) is 0.220. The number of fused-ring (bicyclic) bond motifs is 2. The third-order valence-corrected chi connectivity index (χ3v) is 7.74. The summed E-state index contributed by atoms with van der Waals surface area (Å²) in [4.78, 5) is 24.5. The third kappa shape index (κ3) is 7.17. The first-order valence-electron chi connectivity index (χ1n) is 14.5. The molecule has 0 saturated carbocycles. The summed E-state index contributed by atoms with van der Waals surface area (Å²) in [7, 11) is 1.40. The van der Waals surface area contributed by atoms with Gasteiger partial charge in [-0.3, -0.25) is 4.79 Å². The van der Waals surface area contributed by atoms with E-state index >= 15 is 0 Å². The van der Waals surface area contributed by atoms with Gasteiger partial charge in [-0.1, -0.05) is 6.07 Å². The summed E-state index contributed by atoms with van der Waals surface area (Å²) in [6.07, 6.45) is -7.07. The van der Waals surface area contributed by atoms with Crippen LogP contribution in [0.2, 0.25) is 0 Å². The highest BCUT2D eigenvalue weighted by Gasteiger charge is 2.64. The molecule has 1 aromatic rings. The van der Waals surface area contributed by atoms with Crippen LogP contribution < -0.4 is 9.47 Å². The molecule has 0 bridgehead atoms. The van der Waals surface area contributed by atoms with Crippen molar-refractivity contribution >= 4 is 18.0 Å². The zero-order valence-electron chi connectivity index (χ0n) is 25.9. The summed E-state index contributed by atoms with van der Waals surface area (Å²) < 4.78 is 58.2. The predicted molar refractivity (Wildman–Crippen MR) is 149 cm³/mol. The van der Waals surface area contributed by atoms with Crippen molar-refractivity contribution in [2.24, 2.45) is 0 Å². The Morgan fingerprint density at radius 1 is 0.978 bits per heavy atom. The Labute approximate surface area is 259 Å². The van der Waals surface area contributed by atoms with E-state index in [0.717, 1.165) is 6.08 Å². The van der Waals surface area contributed by atoms with E-state index in [1.165, 1.54) is 26.2 Å². The topological polar surface area (TPSA) is 187 Å². The molecule has 0 amide bonds. The van der Waals surface area contributed by atoms with Crippen LogP contribution in [-0.4, -0.2) is 121 Å². The first-order chi connectivity index (χ1) is 21.2. The fraction of sp³-hybridized carbons (Fsp3) is 0.667. The molecule has 4 aliphatic rings. The first kappa shape index (κ1) is 33.7. The van der Waals surface area contributed by atoms with E-state index in [4.69, 9.17) is 47.4 Å². The maximum absolute atomic E-state index is 13.1. The number of ether oxygens (including phenoxy) is 10. The summed E-state index contributed by atoms with van der Waals surface area (Å²) >= 11 is 0. The molecular weight excluding hydrogens is 600 g/mol. The highest BCUT2D eigenvalue weighted by atomic mass is 16.9. The van der Waals surface area contributed by atoms with Gasteiger partial charge in [-0.15, -0.1) is 0 Å². The standard InChI is InChI=1S/C30H40O15/c1-15(32)39-17-9-7-16(11-18(17)36-6)8-10-21(33)41-26-22(34)19(12-31)42-30(26)14-38-29(4,5)44-25-23(35)24-20(40-27(25)45-30)13-37-28(2,3)43-24/h7-11,19-20,22-27,31,34-35H,12-14H2,1-6H3/b10-8+/t19-,20-,22-,23+,24-,25-,26+,27-,30+/m1/s1. The van der Waals surface area contributed by atoms with Crippen LogP contribution in [0.4, 0.5) is 0 Å². The van der Waals surface area contributed by atoms with Gasteiger partial charge in [-0.25, -0.2) is 4.79 Å². The average Bonchev–Trinajstić information content (AvgIpc) is 3.23. The number of aliphatic hydroxyl groups excluding tert-OH is 3. The van der Waals surface area contributed by atoms with Crippen molar-refractivity contribution in [1.29, 1.82) is 0 Å². The number of aliphatic hydroxyl groups is 3. The lowest BCUT2D eigenvalue weighted by atomic mass is 9.96. The van der Waals surface area contributed by atoms with Crippen molar-refractivity contribution in [3.8, 4) is 11.5 Å². The summed E-state index contributed by atoms with van der Waals surface area (Å²) in [6, 6.07) is 4.65. The van der Waals surface area contributed by atoms with Gasteiger partial charge in [0.1, 0.15) is 43.2 Å². The number of rotatable bonds is 6. The molecule has 3 N–H and O–H groups in total. The molecule has 5 rings (SSSR count). The minimum Gasteiger partial charge on any atom is -0.493 e. The van der Waals surface area contributed by atoms with E-state index in [2.05, 4.69) is 0 Å². The van der Waals surface area contributed by atoms with Crippen LogP contribution in [0.25, 0.3) is 6.08 Å². The Hall–Kier alpha value is -2.70. The number of carbonyl (C=O) groups excluding carboxylic acids is 2. The van der Waals surface area contributed by atoms with Crippen LogP contribution in [0.1, 0.15) is 40.2 Å². The minimum atomic E-state index is -1.99. The molecular formula is C30H40O15. The van der Waals surface area contributed by atoms with Crippen LogP contribution >= 0.6 is 0 Å². The molecule has 4 aliphatic heterocycles. The number of carbonyl (C=O) groups is 2. The molecule has 15 heteroatoms. The van der Waals surface area contributed by atoms with Crippen molar-refractivity contribution in [2.45, 2.75) is 101 Å². The van der Waals surface area contributed by atoms with Crippen molar-refractivity contribution in [3.05, 3.63) is 29.8 Å². The van der Waals surface area contributed by atoms with Crippen LogP contribution in [0.3, 0.4) is 0 Å². The number of methoxy groups -OCH3 is 1. The molecule has 4 fully saturated rings. The third-order valence-electron chi connectivity index (χ3n) is 7.74. The fourth-order valence-electron chi connectivity index (χ4n) is 5.63. The number of hydrogen-bond acceptors (Lipinski definition) is 15. The second-order valence-corrected chi connectivity index (χ2v) is 12.1. The summed E-state index contributed by atoms with van der Waals surface area (Å²) in [5.41, 5.74) is 0.511. The monoisotopic (exact) mass is 640 g/mol. The zero-order valence-corrected chi connectivity index (χ0v) is 25.9. The van der Waals surface area contributed by atoms with Gasteiger partial charge < -0.3 is 62.7 Å². The van der Waals surface area contributed by atoms with E-state index in [1.807, 2.05) is 0 Å². The van der Waals surface area contributed by atoms with Crippen molar-refractivity contribution in [2.75, 3.05) is 26.9 Å². The molecule has 0 aliphatic carbocycles. The lowest BCUT2D eigenvalue weighted by Crippen LogP contribution is -2.69. The van der Waals surface area contributed by atoms with E-state index in [9.17, 15) is 24.9 Å². The molecule has 1 spiro atoms. The Morgan fingerprint density at radius 3 is 2.38 bits per heavy atom. The summed E-state index contributed by atoms with van der Waals surface area (Å²) in [5.74, 6) is -5.25. The highest BCUT2D eigenvalue weighted by molar-refractivity contribution is 5.87. The number of benzene rings is 1. The Balaban J connectivity index is 1.39. The molecule has 0 aromatic heterocycles. The van der Waals surface area contributed by atoms with Gasteiger partial charge in [0.25, 0.3) is 0 Å². The molecule has 15 nitrogen and oxygen atoms in total. The Bertz CT molecular complexity index is 1280. The van der Waals surface area contributed by atoms with E-state index < -0.39 is 91.5 Å². The lowest BCUT2D eigenvalue weighted by Gasteiger charge is -2.53. The molecule has 1 aromatic carbocycles. The minimum absolute atomic E-state index is 0.0762. The summed E-state index contributed by atoms with van der Waals surface area (Å²) in [6.45, 7) is 6.93. The van der Waals surface area contributed by atoms with Crippen LogP contribution in [-0.2, 0) is 47.5 Å². The second-order valence-electron chi connectivity index (χ2n) is 12.1. The first-order valence-corrected chi connectivity index (χ1v) is 14.5. The summed E-state index contributed by atoms with van der Waals surface area (Å²) in [5, 5.41) is 32.5. The van der Waals surface area contributed by atoms with Gasteiger partial charge in [0, 0.05) is 13.0 Å². The average molecular weight is 641 g/mol. The van der Waals surface area contributed by atoms with Gasteiger partial charge in [0.05, 0.1) is 20.3 Å². The molecule has 0 radical (unpaired) electrons. The Kier molecular flexibility index (Phi) is 9.60. The molecule has 4 saturated heterocycles. The Morgan fingerprint density at radius 2 is 1.69 bits per heavy atom. The van der Waals surface area contributed by atoms with Crippen molar-refractivity contribution in [3.63, 3.8) is 0 Å². The van der Waals surface area contributed by atoms with Gasteiger partial charge in [0.15, 0.2) is 35.5 Å². The molecule has 250 valence electrons. The normalized spacial score (nSPS) is 37.3. The molecule has 45 heavy (non-hydrogen) atoms. The largest absolute Gasteiger partial charge is 0.493 e. The van der Waals surface area contributed by atoms with Gasteiger partial charge in [0.2, 0.25) is 5.79 Å². The van der Waals surface area contributed by atoms with Gasteiger partial charge in [-0.2, -0.15) is 0 Å². The van der Waals surface area contributed by atoms with E-state index in [-0.39, 0.29) is 18.1 Å². The van der Waals surface area contributed by atoms with Gasteiger partial charge >= 0.3 is 11.9 Å². The lowest BCUT2D eigenvalue weighted by molar-refractivity contribution is -0.454. The molecule has 4 heterocycles. The van der Waals surface area contributed by atoms with Crippen LogP contribution in [0.15, 0.2) is 24.3 Å². The molecule has 9 atom stereocenters. The number of hydrogen-bond donors (Lipinski definition) is 3. The zero-order chi connectivity index (χ0) is 32.7. The fourth-order valence-corrected chi connectivity index (χ4v) is 5.63. The van der Waals surface area contributed by atoms with Crippen molar-refractivity contribution in [1.82, 2.24) is 0 Å². The highest BCUT2D eigenvalue weighted by Crippen LogP contribution is 2.43.